The highest BCUT2D eigenvalue weighted by Crippen LogP contribution is 2.22. The highest BCUT2D eigenvalue weighted by atomic mass is 35.5. The third-order valence-corrected chi connectivity index (χ3v) is 4.96. The molecule has 1 aromatic carbocycles. The SMILES string of the molecule is Cn1ccsc1=NC(=O)c1ccc(Cl)c(S(C)(=O)=O)c1. The molecule has 2 rings (SSSR count). The fraction of sp³-hybridized carbons (Fsp3) is 0.167. The smallest absolute Gasteiger partial charge is 0.279 e. The molecule has 0 atom stereocenters. The summed E-state index contributed by atoms with van der Waals surface area (Å²) in [5.41, 5.74) is 0.184. The first-order valence-corrected chi connectivity index (χ1v) is 8.63. The van der Waals surface area contributed by atoms with Crippen LogP contribution in [0.2, 0.25) is 5.02 Å². The molecule has 0 bridgehead atoms. The molecule has 0 fully saturated rings. The lowest BCUT2D eigenvalue weighted by molar-refractivity contribution is 0.0997. The number of benzene rings is 1. The minimum Gasteiger partial charge on any atom is -0.327 e. The van der Waals surface area contributed by atoms with Crippen LogP contribution in [-0.2, 0) is 16.9 Å². The summed E-state index contributed by atoms with van der Waals surface area (Å²) in [6.07, 6.45) is 2.82. The molecule has 1 heterocycles. The van der Waals surface area contributed by atoms with Crippen LogP contribution in [-0.4, -0.2) is 25.1 Å². The van der Waals surface area contributed by atoms with E-state index in [0.29, 0.717) is 4.80 Å². The van der Waals surface area contributed by atoms with Crippen LogP contribution in [0.3, 0.4) is 0 Å². The van der Waals surface area contributed by atoms with E-state index in [2.05, 4.69) is 4.99 Å². The molecule has 5 nitrogen and oxygen atoms in total. The molecular formula is C12H11ClN2O3S2. The van der Waals surface area contributed by atoms with E-state index >= 15 is 0 Å². The maximum Gasteiger partial charge on any atom is 0.279 e. The molecule has 0 radical (unpaired) electrons. The molecule has 2 aromatic rings. The molecule has 1 amide bonds. The van der Waals surface area contributed by atoms with Gasteiger partial charge in [-0.15, -0.1) is 11.3 Å². The third kappa shape index (κ3) is 3.17. The maximum absolute atomic E-state index is 12.0. The zero-order chi connectivity index (χ0) is 14.9. The number of sulfone groups is 1. The van der Waals surface area contributed by atoms with Crippen LogP contribution in [0.15, 0.2) is 39.7 Å². The fourth-order valence-electron chi connectivity index (χ4n) is 1.51. The molecule has 0 saturated heterocycles. The van der Waals surface area contributed by atoms with Gasteiger partial charge in [-0.05, 0) is 18.2 Å². The minimum absolute atomic E-state index is 0.0734. The van der Waals surface area contributed by atoms with E-state index in [1.165, 1.54) is 29.5 Å². The molecule has 0 spiro atoms. The van der Waals surface area contributed by atoms with Crippen LogP contribution in [0, 0.1) is 0 Å². The standard InChI is InChI=1S/C12H11ClN2O3S2/c1-15-5-6-19-12(15)14-11(16)8-3-4-9(13)10(7-8)20(2,17)18/h3-7H,1-2H3. The average Bonchev–Trinajstić information content (AvgIpc) is 2.74. The van der Waals surface area contributed by atoms with Gasteiger partial charge >= 0.3 is 0 Å². The van der Waals surface area contributed by atoms with Crippen molar-refractivity contribution in [1.82, 2.24) is 4.57 Å². The largest absolute Gasteiger partial charge is 0.327 e. The van der Waals surface area contributed by atoms with Crippen molar-refractivity contribution in [2.24, 2.45) is 12.0 Å². The second-order valence-electron chi connectivity index (χ2n) is 4.13. The molecule has 0 aliphatic rings. The summed E-state index contributed by atoms with van der Waals surface area (Å²) >= 11 is 7.15. The Morgan fingerprint density at radius 1 is 1.40 bits per heavy atom. The van der Waals surface area contributed by atoms with Crippen LogP contribution in [0.4, 0.5) is 0 Å². The van der Waals surface area contributed by atoms with Crippen molar-refractivity contribution in [3.63, 3.8) is 0 Å². The van der Waals surface area contributed by atoms with Crippen molar-refractivity contribution in [2.45, 2.75) is 4.90 Å². The van der Waals surface area contributed by atoms with E-state index in [-0.39, 0.29) is 15.5 Å². The number of hydrogen-bond acceptors (Lipinski definition) is 4. The average molecular weight is 331 g/mol. The molecule has 0 unspecified atom stereocenters. The molecule has 0 aliphatic heterocycles. The van der Waals surface area contributed by atoms with Gasteiger partial charge in [-0.1, -0.05) is 11.6 Å². The zero-order valence-electron chi connectivity index (χ0n) is 10.7. The van der Waals surface area contributed by atoms with Crippen LogP contribution < -0.4 is 4.80 Å². The number of halogens is 1. The van der Waals surface area contributed by atoms with Crippen molar-refractivity contribution in [3.05, 3.63) is 45.2 Å². The molecule has 1 aromatic heterocycles. The lowest BCUT2D eigenvalue weighted by Crippen LogP contribution is -2.13. The highest BCUT2D eigenvalue weighted by Gasteiger charge is 2.15. The lowest BCUT2D eigenvalue weighted by Gasteiger charge is -2.03. The van der Waals surface area contributed by atoms with E-state index in [4.69, 9.17) is 11.6 Å². The summed E-state index contributed by atoms with van der Waals surface area (Å²) in [6.45, 7) is 0. The van der Waals surface area contributed by atoms with Gasteiger partial charge in [-0.2, -0.15) is 4.99 Å². The van der Waals surface area contributed by atoms with E-state index in [1.54, 1.807) is 23.2 Å². The van der Waals surface area contributed by atoms with Crippen molar-refractivity contribution in [3.8, 4) is 0 Å². The van der Waals surface area contributed by atoms with Crippen molar-refractivity contribution >= 4 is 38.7 Å². The van der Waals surface area contributed by atoms with Gasteiger partial charge in [0.25, 0.3) is 5.91 Å². The summed E-state index contributed by atoms with van der Waals surface area (Å²) in [4.78, 5) is 16.4. The Kier molecular flexibility index (Phi) is 4.12. The Morgan fingerprint density at radius 3 is 2.65 bits per heavy atom. The number of nitrogens with zero attached hydrogens (tertiary/aromatic N) is 2. The molecular weight excluding hydrogens is 320 g/mol. The minimum atomic E-state index is -3.49. The Bertz CT molecular complexity index is 834. The summed E-state index contributed by atoms with van der Waals surface area (Å²) in [7, 11) is -1.72. The number of thiazole rings is 1. The van der Waals surface area contributed by atoms with Gasteiger partial charge < -0.3 is 4.57 Å². The van der Waals surface area contributed by atoms with Gasteiger partial charge in [0.1, 0.15) is 0 Å². The second kappa shape index (κ2) is 5.51. The molecule has 20 heavy (non-hydrogen) atoms. The Hall–Kier alpha value is -1.44. The first-order valence-electron chi connectivity index (χ1n) is 5.48. The number of carbonyl (C=O) groups is 1. The van der Waals surface area contributed by atoms with Crippen molar-refractivity contribution in [2.75, 3.05) is 6.26 Å². The quantitative estimate of drug-likeness (QED) is 0.844. The monoisotopic (exact) mass is 330 g/mol. The lowest BCUT2D eigenvalue weighted by atomic mass is 10.2. The summed E-state index contributed by atoms with van der Waals surface area (Å²) < 4.78 is 24.8. The van der Waals surface area contributed by atoms with Gasteiger partial charge in [0.05, 0.1) is 9.92 Å². The van der Waals surface area contributed by atoms with Crippen molar-refractivity contribution < 1.29 is 13.2 Å². The summed E-state index contributed by atoms with van der Waals surface area (Å²) in [5, 5.41) is 1.89. The fourth-order valence-corrected chi connectivity index (χ4v) is 3.54. The molecule has 0 N–H and O–H groups in total. The van der Waals surface area contributed by atoms with Crippen LogP contribution in [0.5, 0.6) is 0 Å². The topological polar surface area (TPSA) is 68.5 Å². The van der Waals surface area contributed by atoms with Crippen LogP contribution in [0.1, 0.15) is 10.4 Å². The van der Waals surface area contributed by atoms with Gasteiger partial charge in [-0.25, -0.2) is 8.42 Å². The van der Waals surface area contributed by atoms with Gasteiger partial charge in [-0.3, -0.25) is 4.79 Å². The van der Waals surface area contributed by atoms with Crippen molar-refractivity contribution in [1.29, 1.82) is 0 Å². The first-order chi connectivity index (χ1) is 9.29. The predicted octanol–water partition coefficient (Wildman–Crippen LogP) is 1.88. The summed E-state index contributed by atoms with van der Waals surface area (Å²) in [6, 6.07) is 4.09. The molecule has 0 saturated carbocycles. The van der Waals surface area contributed by atoms with Gasteiger partial charge in [0, 0.05) is 30.4 Å². The molecule has 106 valence electrons. The number of hydrogen-bond donors (Lipinski definition) is 0. The second-order valence-corrected chi connectivity index (χ2v) is 7.40. The first kappa shape index (κ1) is 15.0. The molecule has 0 aliphatic carbocycles. The third-order valence-electron chi connectivity index (χ3n) is 2.53. The van der Waals surface area contributed by atoms with Gasteiger partial charge in [0.2, 0.25) is 0 Å². The van der Waals surface area contributed by atoms with Crippen LogP contribution >= 0.6 is 22.9 Å². The highest BCUT2D eigenvalue weighted by molar-refractivity contribution is 7.90. The van der Waals surface area contributed by atoms with Gasteiger partial charge in [0.15, 0.2) is 14.6 Å². The number of aromatic nitrogens is 1. The Balaban J connectivity index is 2.50. The normalized spacial score (nSPS) is 12.7. The summed E-state index contributed by atoms with van der Waals surface area (Å²) in [5.74, 6) is -0.510. The maximum atomic E-state index is 12.0. The van der Waals surface area contributed by atoms with E-state index in [1.807, 2.05) is 0 Å². The zero-order valence-corrected chi connectivity index (χ0v) is 13.1. The van der Waals surface area contributed by atoms with Crippen LogP contribution in [0.25, 0.3) is 0 Å². The Labute approximate surface area is 125 Å². The number of rotatable bonds is 2. The molecule has 8 heteroatoms. The van der Waals surface area contributed by atoms with E-state index < -0.39 is 15.7 Å². The Morgan fingerprint density at radius 2 is 2.10 bits per heavy atom. The number of carbonyl (C=O) groups excluding carboxylic acids is 1. The van der Waals surface area contributed by atoms with E-state index in [0.717, 1.165) is 6.26 Å². The number of amides is 1. The van der Waals surface area contributed by atoms with E-state index in [9.17, 15) is 13.2 Å². The predicted molar refractivity (Wildman–Crippen MR) is 77.7 cm³/mol. The number of aryl methyl sites for hydroxylation is 1.